The van der Waals surface area contributed by atoms with Crippen molar-refractivity contribution in [3.63, 3.8) is 0 Å². The molecule has 0 saturated carbocycles. The molecule has 3 aromatic carbocycles. The molecule has 0 aliphatic heterocycles. The van der Waals surface area contributed by atoms with E-state index in [4.69, 9.17) is 0 Å². The van der Waals surface area contributed by atoms with Crippen molar-refractivity contribution in [2.75, 3.05) is 24.7 Å². The summed E-state index contributed by atoms with van der Waals surface area (Å²) in [6.45, 7) is 1.59. The summed E-state index contributed by atoms with van der Waals surface area (Å²) in [5.41, 5.74) is 0.0221. The van der Waals surface area contributed by atoms with Crippen LogP contribution in [0.4, 0.5) is 17.1 Å². The zero-order valence-corrected chi connectivity index (χ0v) is 19.8. The molecule has 0 atom stereocenters. The molecule has 0 fully saturated rings. The van der Waals surface area contributed by atoms with Gasteiger partial charge in [0.25, 0.3) is 10.1 Å². The second kappa shape index (κ2) is 9.85. The van der Waals surface area contributed by atoms with Crippen LogP contribution in [0.5, 0.6) is 5.75 Å². The predicted molar refractivity (Wildman–Crippen MR) is 126 cm³/mol. The van der Waals surface area contributed by atoms with Crippen LogP contribution in [-0.4, -0.2) is 51.7 Å². The lowest BCUT2D eigenvalue weighted by molar-refractivity contribution is -0.114. The summed E-state index contributed by atoms with van der Waals surface area (Å²) in [7, 11) is -6.64. The summed E-state index contributed by atoms with van der Waals surface area (Å²) in [4.78, 5) is 10.7. The number of amides is 1. The van der Waals surface area contributed by atoms with Crippen LogP contribution >= 0.6 is 0 Å². The van der Waals surface area contributed by atoms with Gasteiger partial charge in [-0.15, -0.1) is 5.11 Å². The fourth-order valence-electron chi connectivity index (χ4n) is 3.10. The van der Waals surface area contributed by atoms with Gasteiger partial charge in [0.15, 0.2) is 15.6 Å². The summed E-state index contributed by atoms with van der Waals surface area (Å²) >= 11 is 0. The molecule has 0 unspecified atom stereocenters. The molecular formula is C21H22N4O7S2. The van der Waals surface area contributed by atoms with E-state index < -0.39 is 36.3 Å². The minimum absolute atomic E-state index is 0.0828. The van der Waals surface area contributed by atoms with E-state index >= 15 is 0 Å². The first kappa shape index (κ1) is 25.2. The molecule has 34 heavy (non-hydrogen) atoms. The minimum atomic E-state index is -4.78. The van der Waals surface area contributed by atoms with E-state index in [1.807, 2.05) is 0 Å². The Morgan fingerprint density at radius 3 is 2.26 bits per heavy atom. The number of phenolic OH excluding ortho intramolecular Hbond substituents is 1. The molecule has 0 heterocycles. The zero-order chi connectivity index (χ0) is 25.1. The third-order valence-corrected chi connectivity index (χ3v) is 7.33. The quantitative estimate of drug-likeness (QED) is 0.266. The predicted octanol–water partition coefficient (Wildman–Crippen LogP) is 3.16. The van der Waals surface area contributed by atoms with E-state index in [1.54, 1.807) is 7.05 Å². The lowest BCUT2D eigenvalue weighted by Gasteiger charge is -2.10. The molecule has 0 spiro atoms. The normalized spacial score (nSPS) is 12.3. The third kappa shape index (κ3) is 5.75. The number of sulfone groups is 1. The largest absolute Gasteiger partial charge is 0.505 e. The number of hydrogen-bond donors (Lipinski definition) is 4. The highest BCUT2D eigenvalue weighted by molar-refractivity contribution is 7.91. The van der Waals surface area contributed by atoms with Crippen molar-refractivity contribution in [1.29, 1.82) is 0 Å². The summed E-state index contributed by atoms with van der Waals surface area (Å²) < 4.78 is 58.0. The molecule has 0 radical (unpaired) electrons. The van der Waals surface area contributed by atoms with Crippen molar-refractivity contribution in [3.05, 3.63) is 48.5 Å². The Morgan fingerprint density at radius 2 is 1.68 bits per heavy atom. The van der Waals surface area contributed by atoms with Gasteiger partial charge in [0, 0.05) is 24.5 Å². The van der Waals surface area contributed by atoms with Crippen molar-refractivity contribution in [2.24, 2.45) is 10.2 Å². The number of fused-ring (bicyclic) bond motifs is 1. The van der Waals surface area contributed by atoms with Gasteiger partial charge in [0.05, 0.1) is 16.3 Å². The Labute approximate surface area is 196 Å². The Morgan fingerprint density at radius 1 is 1.00 bits per heavy atom. The lowest BCUT2D eigenvalue weighted by Crippen LogP contribution is -2.19. The molecule has 11 nitrogen and oxygen atoms in total. The van der Waals surface area contributed by atoms with Crippen molar-refractivity contribution < 1.29 is 31.3 Å². The molecule has 3 rings (SSSR count). The first-order valence-corrected chi connectivity index (χ1v) is 13.0. The molecule has 3 aromatic rings. The van der Waals surface area contributed by atoms with Crippen molar-refractivity contribution in [1.82, 2.24) is 5.32 Å². The number of rotatable bonds is 8. The van der Waals surface area contributed by atoms with Crippen LogP contribution in [0.3, 0.4) is 0 Å². The molecule has 0 aromatic heterocycles. The maximum absolute atomic E-state index is 12.3. The number of anilines is 1. The van der Waals surface area contributed by atoms with Gasteiger partial charge in [-0.25, -0.2) is 8.42 Å². The minimum Gasteiger partial charge on any atom is -0.505 e. The maximum atomic E-state index is 12.3. The zero-order valence-electron chi connectivity index (χ0n) is 18.2. The van der Waals surface area contributed by atoms with Gasteiger partial charge in [-0.05, 0) is 54.9 Å². The fraction of sp³-hybridized carbons (Fsp3) is 0.190. The van der Waals surface area contributed by atoms with E-state index in [-0.39, 0.29) is 39.6 Å². The summed E-state index contributed by atoms with van der Waals surface area (Å²) in [6, 6.07) is 10.9. The fourth-order valence-corrected chi connectivity index (χ4v) is 5.01. The summed E-state index contributed by atoms with van der Waals surface area (Å²) in [5, 5.41) is 24.2. The second-order valence-corrected chi connectivity index (χ2v) is 10.8. The van der Waals surface area contributed by atoms with E-state index in [0.29, 0.717) is 5.69 Å². The topological polar surface area (TPSA) is 175 Å². The Kier molecular flexibility index (Phi) is 7.31. The average molecular weight is 507 g/mol. The van der Waals surface area contributed by atoms with Gasteiger partial charge in [-0.1, -0.05) is 6.07 Å². The van der Waals surface area contributed by atoms with Crippen LogP contribution in [0.1, 0.15) is 6.92 Å². The number of benzene rings is 3. The highest BCUT2D eigenvalue weighted by Gasteiger charge is 2.22. The molecule has 1 amide bonds. The molecule has 0 aliphatic carbocycles. The van der Waals surface area contributed by atoms with Crippen molar-refractivity contribution in [3.8, 4) is 5.75 Å². The molecule has 4 N–H and O–H groups in total. The second-order valence-electron chi connectivity index (χ2n) is 7.28. The monoisotopic (exact) mass is 506 g/mol. The van der Waals surface area contributed by atoms with Crippen LogP contribution in [0.15, 0.2) is 68.6 Å². The van der Waals surface area contributed by atoms with E-state index in [2.05, 4.69) is 20.9 Å². The summed E-state index contributed by atoms with van der Waals surface area (Å²) in [6.07, 6.45) is 0. The first-order valence-electron chi connectivity index (χ1n) is 9.86. The van der Waals surface area contributed by atoms with E-state index in [1.165, 1.54) is 49.4 Å². The SMILES string of the molecule is CNCCS(=O)(=O)c1ccc(N=Nc2c(S(=O)(=O)O)cc3ccc(NC(C)=O)cc3c2O)cc1. The molecule has 0 bridgehead atoms. The molecular weight excluding hydrogens is 484 g/mol. The van der Waals surface area contributed by atoms with Crippen LogP contribution in [0, 0.1) is 0 Å². The van der Waals surface area contributed by atoms with Gasteiger partial charge < -0.3 is 15.7 Å². The molecule has 0 saturated heterocycles. The number of azo groups is 1. The van der Waals surface area contributed by atoms with Crippen molar-refractivity contribution >= 4 is 53.7 Å². The average Bonchev–Trinajstić information content (AvgIpc) is 2.76. The number of carbonyl (C=O) groups excluding carboxylic acids is 1. The van der Waals surface area contributed by atoms with Gasteiger partial charge in [-0.3, -0.25) is 9.35 Å². The molecule has 13 heteroatoms. The number of hydrogen-bond acceptors (Lipinski definition) is 9. The van der Waals surface area contributed by atoms with E-state index in [0.717, 1.165) is 6.07 Å². The van der Waals surface area contributed by atoms with Crippen molar-refractivity contribution in [2.45, 2.75) is 16.7 Å². The number of aromatic hydroxyl groups is 1. The maximum Gasteiger partial charge on any atom is 0.296 e. The number of nitrogens with one attached hydrogen (secondary N) is 2. The first-order chi connectivity index (χ1) is 15.9. The molecule has 180 valence electrons. The number of nitrogens with zero attached hydrogens (tertiary/aromatic N) is 2. The Hall–Kier alpha value is -3.39. The van der Waals surface area contributed by atoms with Crippen LogP contribution in [-0.2, 0) is 24.7 Å². The van der Waals surface area contributed by atoms with Gasteiger partial charge in [0.1, 0.15) is 10.6 Å². The standard InChI is InChI=1S/C21H22N4O7S2/c1-13(26)23-16-4-3-14-11-19(34(30,31)32)20(21(27)18(14)12-16)25-24-15-5-7-17(8-6-15)33(28,29)10-9-22-2/h3-8,11-12,22,27H,9-10H2,1-2H3,(H,23,26)(H,30,31,32). The van der Waals surface area contributed by atoms with Gasteiger partial charge >= 0.3 is 0 Å². The van der Waals surface area contributed by atoms with Gasteiger partial charge in [-0.2, -0.15) is 13.5 Å². The molecule has 0 aliphatic rings. The van der Waals surface area contributed by atoms with E-state index in [9.17, 15) is 31.3 Å². The van der Waals surface area contributed by atoms with Crippen LogP contribution in [0.2, 0.25) is 0 Å². The number of phenols is 1. The lowest BCUT2D eigenvalue weighted by atomic mass is 10.1. The highest BCUT2D eigenvalue weighted by Crippen LogP contribution is 2.42. The van der Waals surface area contributed by atoms with Crippen LogP contribution in [0.25, 0.3) is 10.8 Å². The van der Waals surface area contributed by atoms with Gasteiger partial charge in [0.2, 0.25) is 5.91 Å². The Bertz CT molecular complexity index is 1480. The van der Waals surface area contributed by atoms with Crippen LogP contribution < -0.4 is 10.6 Å². The smallest absolute Gasteiger partial charge is 0.296 e. The Balaban J connectivity index is 2.05. The number of carbonyl (C=O) groups is 1. The highest BCUT2D eigenvalue weighted by atomic mass is 32.2. The summed E-state index contributed by atoms with van der Waals surface area (Å²) in [5.74, 6) is -1.01. The third-order valence-electron chi connectivity index (χ3n) is 4.73.